The maximum absolute atomic E-state index is 12.8. The van der Waals surface area contributed by atoms with E-state index in [-0.39, 0.29) is 36.6 Å². The Balaban J connectivity index is 1.64. The van der Waals surface area contributed by atoms with Crippen molar-refractivity contribution in [1.82, 2.24) is 9.21 Å². The summed E-state index contributed by atoms with van der Waals surface area (Å²) in [5.41, 5.74) is -0.698. The molecule has 3 rings (SSSR count). The van der Waals surface area contributed by atoms with Crippen LogP contribution in [-0.2, 0) is 16.2 Å². The van der Waals surface area contributed by atoms with Crippen LogP contribution in [-0.4, -0.2) is 56.3 Å². The lowest BCUT2D eigenvalue weighted by atomic mass is 10.1. The molecule has 162 valence electrons. The minimum absolute atomic E-state index is 0.0991. The molecule has 6 nitrogen and oxygen atoms in total. The molecule has 0 aromatic heterocycles. The summed E-state index contributed by atoms with van der Waals surface area (Å²) < 4.78 is 70.2. The maximum Gasteiger partial charge on any atom is 0.416 e. The number of carbonyl (C=O) groups excluding carboxylic acids is 1. The van der Waals surface area contributed by atoms with E-state index >= 15 is 0 Å². The molecule has 1 heterocycles. The Kier molecular flexibility index (Phi) is 6.37. The zero-order valence-corrected chi connectivity index (χ0v) is 17.0. The first kappa shape index (κ1) is 22.1. The van der Waals surface area contributed by atoms with Crippen LogP contribution in [0.5, 0.6) is 5.75 Å². The van der Waals surface area contributed by atoms with Gasteiger partial charge in [0.1, 0.15) is 5.75 Å². The van der Waals surface area contributed by atoms with Gasteiger partial charge >= 0.3 is 6.18 Å². The van der Waals surface area contributed by atoms with Crippen molar-refractivity contribution >= 4 is 15.9 Å². The largest absolute Gasteiger partial charge is 0.494 e. The maximum atomic E-state index is 12.8. The summed E-state index contributed by atoms with van der Waals surface area (Å²) in [5, 5.41) is 0. The normalized spacial score (nSPS) is 15.8. The number of piperazine rings is 1. The van der Waals surface area contributed by atoms with Gasteiger partial charge in [-0.25, -0.2) is 8.42 Å². The first-order chi connectivity index (χ1) is 14.1. The monoisotopic (exact) mass is 442 g/mol. The Hall–Kier alpha value is -2.59. The van der Waals surface area contributed by atoms with Gasteiger partial charge in [0.25, 0.3) is 5.91 Å². The second-order valence-electron chi connectivity index (χ2n) is 6.68. The molecular formula is C20H21F3N2O4S. The van der Waals surface area contributed by atoms with Crippen LogP contribution >= 0.6 is 0 Å². The van der Waals surface area contributed by atoms with Crippen LogP contribution in [0.25, 0.3) is 0 Å². The molecule has 2 aromatic rings. The summed E-state index contributed by atoms with van der Waals surface area (Å²) in [6.45, 7) is 2.80. The number of halogens is 3. The Morgan fingerprint density at radius 2 is 1.53 bits per heavy atom. The molecule has 1 saturated heterocycles. The van der Waals surface area contributed by atoms with E-state index in [1.807, 2.05) is 6.92 Å². The molecule has 0 N–H and O–H groups in total. The van der Waals surface area contributed by atoms with E-state index in [2.05, 4.69) is 0 Å². The highest BCUT2D eigenvalue weighted by Gasteiger charge is 2.32. The molecule has 30 heavy (non-hydrogen) atoms. The summed E-state index contributed by atoms with van der Waals surface area (Å²) in [6.07, 6.45) is -4.47. The molecule has 1 amide bonds. The van der Waals surface area contributed by atoms with E-state index in [1.165, 1.54) is 21.3 Å². The Labute approximate surface area is 172 Å². The third kappa shape index (κ3) is 4.76. The lowest BCUT2D eigenvalue weighted by Gasteiger charge is -2.34. The van der Waals surface area contributed by atoms with E-state index < -0.39 is 27.7 Å². The Morgan fingerprint density at radius 3 is 2.03 bits per heavy atom. The molecule has 1 aliphatic heterocycles. The standard InChI is InChI=1S/C20H21F3N2O4S/c1-2-29-17-7-9-18(10-8-17)30(27,28)25-13-11-24(12-14-25)19(26)15-3-5-16(6-4-15)20(21,22)23/h3-10H,2,11-14H2,1H3. The average Bonchev–Trinajstić information content (AvgIpc) is 2.73. The van der Waals surface area contributed by atoms with Crippen LogP contribution in [0, 0.1) is 0 Å². The van der Waals surface area contributed by atoms with Gasteiger partial charge in [0.05, 0.1) is 17.1 Å². The molecule has 0 radical (unpaired) electrons. The van der Waals surface area contributed by atoms with Gasteiger partial charge in [-0.3, -0.25) is 4.79 Å². The zero-order valence-electron chi connectivity index (χ0n) is 16.2. The van der Waals surface area contributed by atoms with Crippen molar-refractivity contribution < 1.29 is 31.1 Å². The second-order valence-corrected chi connectivity index (χ2v) is 8.61. The molecular weight excluding hydrogens is 421 g/mol. The van der Waals surface area contributed by atoms with Gasteiger partial charge in [0.15, 0.2) is 0 Å². The first-order valence-corrected chi connectivity index (χ1v) is 10.8. The number of ether oxygens (including phenoxy) is 1. The van der Waals surface area contributed by atoms with Crippen molar-refractivity contribution in [2.45, 2.75) is 18.0 Å². The molecule has 10 heteroatoms. The number of hydrogen-bond acceptors (Lipinski definition) is 4. The van der Waals surface area contributed by atoms with E-state index in [4.69, 9.17) is 4.74 Å². The van der Waals surface area contributed by atoms with Crippen LogP contribution in [0.1, 0.15) is 22.8 Å². The van der Waals surface area contributed by atoms with Gasteiger partial charge < -0.3 is 9.64 Å². The molecule has 0 atom stereocenters. The molecule has 0 bridgehead atoms. The summed E-state index contributed by atoms with van der Waals surface area (Å²) >= 11 is 0. The second kappa shape index (κ2) is 8.65. The lowest BCUT2D eigenvalue weighted by molar-refractivity contribution is -0.137. The molecule has 0 unspecified atom stereocenters. The van der Waals surface area contributed by atoms with Crippen molar-refractivity contribution in [3.05, 3.63) is 59.7 Å². The SMILES string of the molecule is CCOc1ccc(S(=O)(=O)N2CCN(C(=O)c3ccc(C(F)(F)F)cc3)CC2)cc1. The third-order valence-corrected chi connectivity index (χ3v) is 6.67. The summed E-state index contributed by atoms with van der Waals surface area (Å²) in [4.78, 5) is 14.1. The minimum Gasteiger partial charge on any atom is -0.494 e. The lowest BCUT2D eigenvalue weighted by Crippen LogP contribution is -2.50. The fraction of sp³-hybridized carbons (Fsp3) is 0.350. The van der Waals surface area contributed by atoms with Gasteiger partial charge in [-0.15, -0.1) is 0 Å². The molecule has 2 aromatic carbocycles. The smallest absolute Gasteiger partial charge is 0.416 e. The number of nitrogens with zero attached hydrogens (tertiary/aromatic N) is 2. The fourth-order valence-corrected chi connectivity index (χ4v) is 4.56. The van der Waals surface area contributed by atoms with Gasteiger partial charge in [-0.05, 0) is 55.5 Å². The molecule has 1 aliphatic rings. The average molecular weight is 442 g/mol. The highest BCUT2D eigenvalue weighted by atomic mass is 32.2. The predicted molar refractivity (Wildman–Crippen MR) is 104 cm³/mol. The highest BCUT2D eigenvalue weighted by Crippen LogP contribution is 2.29. The zero-order chi connectivity index (χ0) is 21.9. The van der Waals surface area contributed by atoms with Crippen LogP contribution in [0.15, 0.2) is 53.4 Å². The molecule has 0 spiro atoms. The molecule has 1 fully saturated rings. The van der Waals surface area contributed by atoms with Crippen LogP contribution in [0.4, 0.5) is 13.2 Å². The fourth-order valence-electron chi connectivity index (χ4n) is 3.14. The number of rotatable bonds is 5. The quantitative estimate of drug-likeness (QED) is 0.713. The van der Waals surface area contributed by atoms with Crippen molar-refractivity contribution in [1.29, 1.82) is 0 Å². The number of hydrogen-bond donors (Lipinski definition) is 0. The number of amides is 1. The van der Waals surface area contributed by atoms with Crippen molar-refractivity contribution in [3.8, 4) is 5.75 Å². The molecule has 0 aliphatic carbocycles. The summed E-state index contributed by atoms with van der Waals surface area (Å²) in [7, 11) is -3.71. The van der Waals surface area contributed by atoms with Gasteiger partial charge in [-0.1, -0.05) is 0 Å². The van der Waals surface area contributed by atoms with Gasteiger partial charge in [-0.2, -0.15) is 17.5 Å². The first-order valence-electron chi connectivity index (χ1n) is 9.32. The van der Waals surface area contributed by atoms with Crippen molar-refractivity contribution in [3.63, 3.8) is 0 Å². The Bertz CT molecular complexity index is 982. The van der Waals surface area contributed by atoms with Crippen LogP contribution in [0.2, 0.25) is 0 Å². The minimum atomic E-state index is -4.47. The van der Waals surface area contributed by atoms with Gasteiger partial charge in [0, 0.05) is 31.7 Å². The molecule has 0 saturated carbocycles. The Morgan fingerprint density at radius 1 is 0.967 bits per heavy atom. The number of carbonyl (C=O) groups is 1. The summed E-state index contributed by atoms with van der Waals surface area (Å²) in [5.74, 6) is 0.144. The third-order valence-electron chi connectivity index (χ3n) is 4.76. The van der Waals surface area contributed by atoms with E-state index in [9.17, 15) is 26.4 Å². The van der Waals surface area contributed by atoms with Crippen molar-refractivity contribution in [2.75, 3.05) is 32.8 Å². The summed E-state index contributed by atoms with van der Waals surface area (Å²) in [6, 6.07) is 10.1. The predicted octanol–water partition coefficient (Wildman–Crippen LogP) is 3.25. The van der Waals surface area contributed by atoms with Crippen LogP contribution < -0.4 is 4.74 Å². The number of alkyl halides is 3. The van der Waals surface area contributed by atoms with Crippen LogP contribution in [0.3, 0.4) is 0 Å². The topological polar surface area (TPSA) is 66.9 Å². The number of sulfonamides is 1. The highest BCUT2D eigenvalue weighted by molar-refractivity contribution is 7.89. The van der Waals surface area contributed by atoms with E-state index in [1.54, 1.807) is 12.1 Å². The number of benzene rings is 2. The van der Waals surface area contributed by atoms with Crippen molar-refractivity contribution in [2.24, 2.45) is 0 Å². The van der Waals surface area contributed by atoms with E-state index in [0.717, 1.165) is 24.3 Å². The van der Waals surface area contributed by atoms with Gasteiger partial charge in [0.2, 0.25) is 10.0 Å². The van der Waals surface area contributed by atoms with E-state index in [0.29, 0.717) is 12.4 Å².